The first kappa shape index (κ1) is 19.5. The monoisotopic (exact) mass is 394 g/mol. The summed E-state index contributed by atoms with van der Waals surface area (Å²) in [7, 11) is 0. The number of aromatic nitrogens is 1. The Kier molecular flexibility index (Phi) is 5.29. The molecule has 7 nitrogen and oxygen atoms in total. The second kappa shape index (κ2) is 7.88. The normalized spacial score (nSPS) is 20.0. The molecular formula is C22H26N4O3. The van der Waals surface area contributed by atoms with Gasteiger partial charge in [-0.15, -0.1) is 0 Å². The number of nitrogens with zero attached hydrogens (tertiary/aromatic N) is 2. The Morgan fingerprint density at radius 3 is 2.48 bits per heavy atom. The SMILES string of the molecule is CC1(c2cc(NC(=O)NC3(c4ccc(C#N)cc4)CCOCC3)no2)CCCC1. The highest BCUT2D eigenvalue weighted by Gasteiger charge is 2.37. The van der Waals surface area contributed by atoms with Gasteiger partial charge in [0.15, 0.2) is 5.82 Å². The summed E-state index contributed by atoms with van der Waals surface area (Å²) in [6.45, 7) is 3.31. The summed E-state index contributed by atoms with van der Waals surface area (Å²) in [6, 6.07) is 11.0. The summed E-state index contributed by atoms with van der Waals surface area (Å²) < 4.78 is 11.0. The standard InChI is InChI=1S/C22H26N4O3/c1-21(8-2-3-9-21)18-14-19(26-29-18)24-20(27)25-22(10-12-28-13-11-22)17-6-4-16(15-23)5-7-17/h4-7,14H,2-3,8-13H2,1H3,(H2,24,25,26,27). The average molecular weight is 394 g/mol. The molecule has 4 rings (SSSR count). The second-order valence-electron chi connectivity index (χ2n) is 8.31. The van der Waals surface area contributed by atoms with Crippen LogP contribution >= 0.6 is 0 Å². The van der Waals surface area contributed by atoms with Crippen molar-refractivity contribution in [1.29, 1.82) is 5.26 Å². The fourth-order valence-corrected chi connectivity index (χ4v) is 4.45. The van der Waals surface area contributed by atoms with Gasteiger partial charge in [-0.2, -0.15) is 5.26 Å². The highest BCUT2D eigenvalue weighted by molar-refractivity contribution is 5.88. The van der Waals surface area contributed by atoms with Crippen molar-refractivity contribution in [2.75, 3.05) is 18.5 Å². The molecular weight excluding hydrogens is 368 g/mol. The largest absolute Gasteiger partial charge is 0.381 e. The number of ether oxygens (including phenoxy) is 1. The van der Waals surface area contributed by atoms with E-state index in [4.69, 9.17) is 14.5 Å². The molecule has 0 spiro atoms. The third-order valence-corrected chi connectivity index (χ3v) is 6.32. The average Bonchev–Trinajstić information content (AvgIpc) is 3.39. The lowest BCUT2D eigenvalue weighted by Crippen LogP contribution is -2.50. The zero-order valence-corrected chi connectivity index (χ0v) is 16.7. The number of carbonyl (C=O) groups is 1. The topological polar surface area (TPSA) is 100 Å². The van der Waals surface area contributed by atoms with Gasteiger partial charge in [-0.3, -0.25) is 5.32 Å². The van der Waals surface area contributed by atoms with Crippen LogP contribution in [0.4, 0.5) is 10.6 Å². The van der Waals surface area contributed by atoms with E-state index in [0.717, 1.165) is 24.2 Å². The molecule has 2 amide bonds. The summed E-state index contributed by atoms with van der Waals surface area (Å²) in [4.78, 5) is 12.8. The van der Waals surface area contributed by atoms with Crippen LogP contribution in [0.25, 0.3) is 0 Å². The zero-order chi connectivity index (χ0) is 20.3. The molecule has 2 aliphatic rings. The molecule has 1 saturated heterocycles. The number of benzene rings is 1. The van der Waals surface area contributed by atoms with Crippen LogP contribution in [0.1, 0.15) is 62.3 Å². The number of hydrogen-bond donors (Lipinski definition) is 2. The predicted octanol–water partition coefficient (Wildman–Crippen LogP) is 4.21. The lowest BCUT2D eigenvalue weighted by atomic mass is 9.82. The van der Waals surface area contributed by atoms with Crippen molar-refractivity contribution in [3.63, 3.8) is 0 Å². The van der Waals surface area contributed by atoms with Crippen molar-refractivity contribution < 1.29 is 14.1 Å². The van der Waals surface area contributed by atoms with Crippen LogP contribution in [-0.2, 0) is 15.7 Å². The Hall–Kier alpha value is -2.85. The quantitative estimate of drug-likeness (QED) is 0.809. The third kappa shape index (κ3) is 3.99. The molecule has 2 heterocycles. The van der Waals surface area contributed by atoms with Crippen LogP contribution in [0.5, 0.6) is 0 Å². The van der Waals surface area contributed by atoms with Crippen LogP contribution in [0, 0.1) is 11.3 Å². The van der Waals surface area contributed by atoms with Crippen molar-refractivity contribution in [1.82, 2.24) is 10.5 Å². The molecule has 0 atom stereocenters. The van der Waals surface area contributed by atoms with E-state index in [1.54, 1.807) is 12.1 Å². The molecule has 2 aromatic rings. The summed E-state index contributed by atoms with van der Waals surface area (Å²) in [5.41, 5.74) is 1.03. The van der Waals surface area contributed by atoms with Crippen LogP contribution in [-0.4, -0.2) is 24.4 Å². The summed E-state index contributed by atoms with van der Waals surface area (Å²) in [6.07, 6.45) is 5.86. The molecule has 29 heavy (non-hydrogen) atoms. The second-order valence-corrected chi connectivity index (χ2v) is 8.31. The minimum atomic E-state index is -0.541. The summed E-state index contributed by atoms with van der Waals surface area (Å²) >= 11 is 0. The van der Waals surface area contributed by atoms with E-state index in [1.165, 1.54) is 12.8 Å². The van der Waals surface area contributed by atoms with Crippen molar-refractivity contribution in [3.05, 3.63) is 47.2 Å². The van der Waals surface area contributed by atoms with Crippen LogP contribution < -0.4 is 10.6 Å². The number of anilines is 1. The van der Waals surface area contributed by atoms with E-state index < -0.39 is 5.54 Å². The number of hydrogen-bond acceptors (Lipinski definition) is 5. The number of rotatable bonds is 4. The van der Waals surface area contributed by atoms with Gasteiger partial charge in [0.2, 0.25) is 0 Å². The van der Waals surface area contributed by atoms with Gasteiger partial charge in [-0.05, 0) is 43.4 Å². The maximum Gasteiger partial charge on any atom is 0.321 e. The van der Waals surface area contributed by atoms with E-state index in [0.29, 0.717) is 37.4 Å². The number of nitriles is 1. The maximum absolute atomic E-state index is 12.8. The summed E-state index contributed by atoms with van der Waals surface area (Å²) in [5, 5.41) is 19.0. The number of nitrogens with one attached hydrogen (secondary N) is 2. The third-order valence-electron chi connectivity index (χ3n) is 6.32. The molecule has 152 valence electrons. The van der Waals surface area contributed by atoms with Crippen LogP contribution in [0.15, 0.2) is 34.9 Å². The Morgan fingerprint density at radius 1 is 1.14 bits per heavy atom. The molecule has 1 aliphatic carbocycles. The molecule has 0 unspecified atom stereocenters. The van der Waals surface area contributed by atoms with Gasteiger partial charge >= 0.3 is 6.03 Å². The maximum atomic E-state index is 12.8. The van der Waals surface area contributed by atoms with Gasteiger partial charge in [0.1, 0.15) is 5.76 Å². The van der Waals surface area contributed by atoms with E-state index in [9.17, 15) is 4.79 Å². The lowest BCUT2D eigenvalue weighted by molar-refractivity contribution is 0.0418. The fraction of sp³-hybridized carbons (Fsp3) is 0.500. The highest BCUT2D eigenvalue weighted by atomic mass is 16.5. The minimum absolute atomic E-state index is 0.00776. The molecule has 0 bridgehead atoms. The van der Waals surface area contributed by atoms with E-state index >= 15 is 0 Å². The number of carbonyl (C=O) groups excluding carboxylic acids is 1. The zero-order valence-electron chi connectivity index (χ0n) is 16.7. The molecule has 1 aromatic carbocycles. The molecule has 2 N–H and O–H groups in total. The molecule has 1 aromatic heterocycles. The van der Waals surface area contributed by atoms with E-state index in [2.05, 4.69) is 28.8 Å². The Balaban J connectivity index is 1.48. The van der Waals surface area contributed by atoms with E-state index in [-0.39, 0.29) is 11.4 Å². The predicted molar refractivity (Wildman–Crippen MR) is 107 cm³/mol. The van der Waals surface area contributed by atoms with Gasteiger partial charge in [0.25, 0.3) is 0 Å². The number of urea groups is 1. The minimum Gasteiger partial charge on any atom is -0.381 e. The van der Waals surface area contributed by atoms with Crippen LogP contribution in [0.3, 0.4) is 0 Å². The summed E-state index contributed by atoms with van der Waals surface area (Å²) in [5.74, 6) is 1.26. The Labute approximate surface area is 170 Å². The van der Waals surface area contributed by atoms with Crippen molar-refractivity contribution in [3.8, 4) is 6.07 Å². The van der Waals surface area contributed by atoms with Crippen molar-refractivity contribution >= 4 is 11.8 Å². The number of amides is 2. The first-order valence-corrected chi connectivity index (χ1v) is 10.2. The van der Waals surface area contributed by atoms with E-state index in [1.807, 2.05) is 18.2 Å². The highest BCUT2D eigenvalue weighted by Crippen LogP contribution is 2.41. The van der Waals surface area contributed by atoms with Crippen molar-refractivity contribution in [2.45, 2.75) is 56.4 Å². The van der Waals surface area contributed by atoms with Gasteiger partial charge in [0.05, 0.1) is 17.2 Å². The molecule has 1 aliphatic heterocycles. The Morgan fingerprint density at radius 2 is 1.83 bits per heavy atom. The van der Waals surface area contributed by atoms with Gasteiger partial charge in [-0.25, -0.2) is 4.79 Å². The smallest absolute Gasteiger partial charge is 0.321 e. The van der Waals surface area contributed by atoms with Gasteiger partial charge < -0.3 is 14.6 Å². The lowest BCUT2D eigenvalue weighted by Gasteiger charge is -2.38. The van der Waals surface area contributed by atoms with Crippen molar-refractivity contribution in [2.24, 2.45) is 0 Å². The molecule has 1 saturated carbocycles. The fourth-order valence-electron chi connectivity index (χ4n) is 4.45. The molecule has 2 fully saturated rings. The Bertz CT molecular complexity index is 901. The first-order valence-electron chi connectivity index (χ1n) is 10.2. The van der Waals surface area contributed by atoms with Crippen LogP contribution in [0.2, 0.25) is 0 Å². The van der Waals surface area contributed by atoms with Gasteiger partial charge in [-0.1, -0.05) is 37.1 Å². The molecule has 7 heteroatoms. The first-order chi connectivity index (χ1) is 14.0. The van der Waals surface area contributed by atoms with Gasteiger partial charge in [0, 0.05) is 24.7 Å². The molecule has 0 radical (unpaired) electrons.